The Balaban J connectivity index is 1.39. The molecule has 2 aromatic rings. The lowest BCUT2D eigenvalue weighted by molar-refractivity contribution is -0.140. The quantitative estimate of drug-likeness (QED) is 0.913. The summed E-state index contributed by atoms with van der Waals surface area (Å²) in [7, 11) is 0. The first-order chi connectivity index (χ1) is 12.6. The summed E-state index contributed by atoms with van der Waals surface area (Å²) in [5.41, 5.74) is 1.93. The highest BCUT2D eigenvalue weighted by atomic mass is 16.3. The third-order valence-electron chi connectivity index (χ3n) is 5.95. The maximum atomic E-state index is 12.7. The molecule has 1 N–H and O–H groups in total. The number of furan rings is 1. The molecule has 4 rings (SSSR count). The molecule has 1 aromatic heterocycles. The fourth-order valence-corrected chi connectivity index (χ4v) is 4.36. The average molecular weight is 354 g/mol. The smallest absolute Gasteiger partial charge is 0.225 e. The summed E-state index contributed by atoms with van der Waals surface area (Å²) in [6.07, 6.45) is 5.68. The van der Waals surface area contributed by atoms with Crippen molar-refractivity contribution in [1.29, 1.82) is 0 Å². The van der Waals surface area contributed by atoms with Gasteiger partial charge in [-0.1, -0.05) is 31.0 Å². The van der Waals surface area contributed by atoms with Crippen molar-refractivity contribution in [3.8, 4) is 0 Å². The normalized spacial score (nSPS) is 21.5. The van der Waals surface area contributed by atoms with Crippen molar-refractivity contribution in [2.75, 3.05) is 6.54 Å². The zero-order chi connectivity index (χ0) is 18.1. The third-order valence-corrected chi connectivity index (χ3v) is 5.95. The average Bonchev–Trinajstić information content (AvgIpc) is 3.29. The number of amides is 2. The summed E-state index contributed by atoms with van der Waals surface area (Å²) in [5.74, 6) is 0.937. The van der Waals surface area contributed by atoms with E-state index in [2.05, 4.69) is 5.32 Å². The Morgan fingerprint density at radius 3 is 2.77 bits per heavy atom. The first-order valence-electron chi connectivity index (χ1n) is 9.67. The number of fused-ring (bicyclic) bond motifs is 1. The topological polar surface area (TPSA) is 62.6 Å². The molecule has 0 spiro atoms. The summed E-state index contributed by atoms with van der Waals surface area (Å²) in [6.45, 7) is 2.98. The third kappa shape index (κ3) is 3.22. The summed E-state index contributed by atoms with van der Waals surface area (Å²) >= 11 is 0. The van der Waals surface area contributed by atoms with Gasteiger partial charge in [0.15, 0.2) is 0 Å². The molecule has 1 saturated carbocycles. The zero-order valence-corrected chi connectivity index (χ0v) is 15.3. The van der Waals surface area contributed by atoms with Crippen LogP contribution in [0.15, 0.2) is 28.7 Å². The number of carbonyl (C=O) groups excluding carboxylic acids is 2. The molecule has 1 saturated heterocycles. The monoisotopic (exact) mass is 354 g/mol. The first kappa shape index (κ1) is 17.1. The van der Waals surface area contributed by atoms with Crippen molar-refractivity contribution >= 4 is 22.8 Å². The van der Waals surface area contributed by atoms with Crippen LogP contribution in [0.1, 0.15) is 49.8 Å². The second kappa shape index (κ2) is 7.14. The number of para-hydroxylation sites is 1. The Kier molecular flexibility index (Phi) is 4.70. The molecule has 5 nitrogen and oxygen atoms in total. The largest absolute Gasteiger partial charge is 0.459 e. The van der Waals surface area contributed by atoms with Gasteiger partial charge in [-0.2, -0.15) is 0 Å². The van der Waals surface area contributed by atoms with Crippen molar-refractivity contribution < 1.29 is 14.0 Å². The predicted molar refractivity (Wildman–Crippen MR) is 99.5 cm³/mol. The predicted octanol–water partition coefficient (Wildman–Crippen LogP) is 3.54. The van der Waals surface area contributed by atoms with E-state index < -0.39 is 0 Å². The van der Waals surface area contributed by atoms with Crippen molar-refractivity contribution in [2.45, 2.75) is 58.0 Å². The van der Waals surface area contributed by atoms with E-state index in [-0.39, 0.29) is 17.7 Å². The number of rotatable bonds is 4. The minimum absolute atomic E-state index is 0.0281. The van der Waals surface area contributed by atoms with Gasteiger partial charge in [-0.15, -0.1) is 0 Å². The van der Waals surface area contributed by atoms with Crippen molar-refractivity contribution in [3.63, 3.8) is 0 Å². The summed E-state index contributed by atoms with van der Waals surface area (Å²) in [4.78, 5) is 26.9. The highest BCUT2D eigenvalue weighted by Crippen LogP contribution is 2.29. The van der Waals surface area contributed by atoms with Crippen molar-refractivity contribution in [2.24, 2.45) is 5.92 Å². The number of nitrogens with zero attached hydrogens (tertiary/aromatic N) is 1. The number of nitrogens with one attached hydrogen (secondary N) is 1. The van der Waals surface area contributed by atoms with E-state index in [0.29, 0.717) is 32.0 Å². The minimum atomic E-state index is -0.113. The molecule has 1 aliphatic carbocycles. The summed E-state index contributed by atoms with van der Waals surface area (Å²) in [5, 5.41) is 4.12. The van der Waals surface area contributed by atoms with E-state index in [1.807, 2.05) is 36.1 Å². The van der Waals surface area contributed by atoms with Gasteiger partial charge in [0.1, 0.15) is 11.3 Å². The lowest BCUT2D eigenvalue weighted by atomic mass is 9.95. The van der Waals surface area contributed by atoms with Gasteiger partial charge in [-0.05, 0) is 32.3 Å². The lowest BCUT2D eigenvalue weighted by Crippen LogP contribution is -2.49. The molecule has 5 heteroatoms. The molecule has 1 atom stereocenters. The van der Waals surface area contributed by atoms with Gasteiger partial charge in [-0.25, -0.2) is 0 Å². The van der Waals surface area contributed by atoms with Crippen LogP contribution in [0.4, 0.5) is 0 Å². The standard InChI is InChI=1S/C21H26N2O3/c1-14-17-8-4-5-9-18(17)26-19(14)12-22-21(25)15-10-11-20(24)23(13-15)16-6-2-3-7-16/h4-5,8-9,15-16H,2-3,6-7,10-13H2,1H3,(H,22,25)/t15-/m0/s1. The summed E-state index contributed by atoms with van der Waals surface area (Å²) < 4.78 is 5.88. The maximum Gasteiger partial charge on any atom is 0.225 e. The molecule has 2 amide bonds. The van der Waals surface area contributed by atoms with Crippen LogP contribution in [0, 0.1) is 12.8 Å². The highest BCUT2D eigenvalue weighted by Gasteiger charge is 2.35. The number of aryl methyl sites for hydroxylation is 1. The van der Waals surface area contributed by atoms with Gasteiger partial charge in [0.2, 0.25) is 11.8 Å². The maximum absolute atomic E-state index is 12.7. The van der Waals surface area contributed by atoms with Crippen LogP contribution in [0.3, 0.4) is 0 Å². The molecule has 2 heterocycles. The van der Waals surface area contributed by atoms with Crippen LogP contribution >= 0.6 is 0 Å². The van der Waals surface area contributed by atoms with Crippen molar-refractivity contribution in [3.05, 3.63) is 35.6 Å². The van der Waals surface area contributed by atoms with E-state index >= 15 is 0 Å². The number of likely N-dealkylation sites (tertiary alicyclic amines) is 1. The van der Waals surface area contributed by atoms with Crippen LogP contribution in [0.5, 0.6) is 0 Å². The van der Waals surface area contributed by atoms with Crippen LogP contribution in [0.25, 0.3) is 11.0 Å². The van der Waals surface area contributed by atoms with E-state index in [4.69, 9.17) is 4.42 Å². The second-order valence-corrected chi connectivity index (χ2v) is 7.58. The molecule has 2 aliphatic rings. The molecule has 1 aromatic carbocycles. The van der Waals surface area contributed by atoms with E-state index in [1.165, 1.54) is 12.8 Å². The number of carbonyl (C=O) groups is 2. The molecular formula is C21H26N2O3. The van der Waals surface area contributed by atoms with Crippen molar-refractivity contribution in [1.82, 2.24) is 10.2 Å². The second-order valence-electron chi connectivity index (χ2n) is 7.58. The SMILES string of the molecule is Cc1c(CNC(=O)[C@H]2CCC(=O)N(C3CCCC3)C2)oc2ccccc12. The van der Waals surface area contributed by atoms with E-state index in [1.54, 1.807) is 0 Å². The Morgan fingerprint density at radius 1 is 1.23 bits per heavy atom. The van der Waals surface area contributed by atoms with E-state index in [9.17, 15) is 9.59 Å². The summed E-state index contributed by atoms with van der Waals surface area (Å²) in [6, 6.07) is 8.26. The molecule has 0 bridgehead atoms. The Hall–Kier alpha value is -2.30. The first-order valence-corrected chi connectivity index (χ1v) is 9.67. The van der Waals surface area contributed by atoms with Gasteiger partial charge >= 0.3 is 0 Å². The fraction of sp³-hybridized carbons (Fsp3) is 0.524. The Labute approximate surface area is 153 Å². The number of piperidine rings is 1. The minimum Gasteiger partial charge on any atom is -0.459 e. The van der Waals surface area contributed by atoms with Crippen LogP contribution in [-0.4, -0.2) is 29.3 Å². The number of benzene rings is 1. The van der Waals surface area contributed by atoms with Crippen LogP contribution in [-0.2, 0) is 16.1 Å². The molecule has 0 unspecified atom stereocenters. The molecular weight excluding hydrogens is 328 g/mol. The molecule has 26 heavy (non-hydrogen) atoms. The van der Waals surface area contributed by atoms with Gasteiger partial charge in [-0.3, -0.25) is 9.59 Å². The van der Waals surface area contributed by atoms with Gasteiger partial charge in [0, 0.05) is 30.0 Å². The van der Waals surface area contributed by atoms with Gasteiger partial charge in [0.25, 0.3) is 0 Å². The zero-order valence-electron chi connectivity index (χ0n) is 15.3. The lowest BCUT2D eigenvalue weighted by Gasteiger charge is -2.36. The van der Waals surface area contributed by atoms with Crippen LogP contribution in [0.2, 0.25) is 0 Å². The molecule has 0 radical (unpaired) electrons. The van der Waals surface area contributed by atoms with Gasteiger partial charge in [0.05, 0.1) is 12.5 Å². The molecule has 138 valence electrons. The Bertz CT molecular complexity index is 820. The van der Waals surface area contributed by atoms with E-state index in [0.717, 1.165) is 35.1 Å². The number of hydrogen-bond acceptors (Lipinski definition) is 3. The highest BCUT2D eigenvalue weighted by molar-refractivity contribution is 5.85. The number of hydrogen-bond donors (Lipinski definition) is 1. The van der Waals surface area contributed by atoms with Gasteiger partial charge < -0.3 is 14.6 Å². The van der Waals surface area contributed by atoms with Crippen LogP contribution < -0.4 is 5.32 Å². The Morgan fingerprint density at radius 2 is 2.00 bits per heavy atom. The molecule has 2 fully saturated rings. The fourth-order valence-electron chi connectivity index (χ4n) is 4.36. The molecule has 1 aliphatic heterocycles.